The number of hydrogen-bond donors (Lipinski definition) is 2. The fourth-order valence-electron chi connectivity index (χ4n) is 3.51. The van der Waals surface area contributed by atoms with Crippen LogP contribution in [0.5, 0.6) is 0 Å². The number of aryl methyl sites for hydroxylation is 2. The molecule has 1 fully saturated rings. The first-order chi connectivity index (χ1) is 13.7. The Morgan fingerprint density at radius 2 is 1.39 bits per heavy atom. The second-order valence-corrected chi connectivity index (χ2v) is 7.43. The molecule has 144 valence electrons. The van der Waals surface area contributed by atoms with E-state index in [-0.39, 0.29) is 0 Å². The number of piperidine rings is 1. The molecular formula is C23H27N5. The number of anilines is 5. The van der Waals surface area contributed by atoms with E-state index >= 15 is 0 Å². The van der Waals surface area contributed by atoms with Gasteiger partial charge in [-0.2, -0.15) is 4.98 Å². The fraction of sp³-hybridized carbons (Fsp3) is 0.304. The van der Waals surface area contributed by atoms with Crippen LogP contribution in [-0.2, 0) is 0 Å². The Morgan fingerprint density at radius 1 is 0.750 bits per heavy atom. The highest BCUT2D eigenvalue weighted by Gasteiger charge is 2.11. The molecule has 0 aliphatic carbocycles. The molecule has 1 aliphatic heterocycles. The van der Waals surface area contributed by atoms with Crippen molar-refractivity contribution in [1.82, 2.24) is 9.97 Å². The molecule has 2 N–H and O–H groups in total. The monoisotopic (exact) mass is 373 g/mol. The van der Waals surface area contributed by atoms with Crippen molar-refractivity contribution in [3.8, 4) is 0 Å². The van der Waals surface area contributed by atoms with E-state index in [4.69, 9.17) is 0 Å². The first-order valence-electron chi connectivity index (χ1n) is 9.97. The third-order valence-electron chi connectivity index (χ3n) is 5.02. The Kier molecular flexibility index (Phi) is 5.42. The number of nitrogens with one attached hydrogen (secondary N) is 2. The zero-order chi connectivity index (χ0) is 19.3. The normalized spacial score (nSPS) is 14.0. The van der Waals surface area contributed by atoms with Gasteiger partial charge in [-0.3, -0.25) is 0 Å². The second-order valence-electron chi connectivity index (χ2n) is 7.43. The van der Waals surface area contributed by atoms with Crippen molar-refractivity contribution in [1.29, 1.82) is 0 Å². The SMILES string of the molecule is Cc1ccc(Nc2cc(C)nc(Nc3ccc(N4CCCCC4)cc3)n2)cc1. The number of benzene rings is 2. The third kappa shape index (κ3) is 4.60. The molecule has 0 amide bonds. The Bertz CT molecular complexity index is 913. The van der Waals surface area contributed by atoms with Gasteiger partial charge in [-0.15, -0.1) is 0 Å². The van der Waals surface area contributed by atoms with Crippen molar-refractivity contribution in [3.63, 3.8) is 0 Å². The van der Waals surface area contributed by atoms with Crippen molar-refractivity contribution in [3.05, 3.63) is 65.9 Å². The smallest absolute Gasteiger partial charge is 0.229 e. The molecule has 1 saturated heterocycles. The molecule has 0 spiro atoms. The minimum absolute atomic E-state index is 0.598. The lowest BCUT2D eigenvalue weighted by Crippen LogP contribution is -2.29. The topological polar surface area (TPSA) is 53.1 Å². The maximum Gasteiger partial charge on any atom is 0.229 e. The van der Waals surface area contributed by atoms with E-state index in [0.717, 1.165) is 36.0 Å². The van der Waals surface area contributed by atoms with Gasteiger partial charge in [-0.25, -0.2) is 4.98 Å². The zero-order valence-corrected chi connectivity index (χ0v) is 16.6. The third-order valence-corrected chi connectivity index (χ3v) is 5.02. The van der Waals surface area contributed by atoms with Crippen LogP contribution in [0.3, 0.4) is 0 Å². The molecule has 0 radical (unpaired) electrons. The molecule has 0 unspecified atom stereocenters. The first kappa shape index (κ1) is 18.3. The summed E-state index contributed by atoms with van der Waals surface area (Å²) >= 11 is 0. The van der Waals surface area contributed by atoms with Gasteiger partial charge in [0.1, 0.15) is 5.82 Å². The van der Waals surface area contributed by atoms with Gasteiger partial charge >= 0.3 is 0 Å². The van der Waals surface area contributed by atoms with Crippen LogP contribution >= 0.6 is 0 Å². The van der Waals surface area contributed by atoms with E-state index in [9.17, 15) is 0 Å². The molecule has 1 aliphatic rings. The summed E-state index contributed by atoms with van der Waals surface area (Å²) in [5.74, 6) is 1.38. The standard InChI is InChI=1S/C23H27N5/c1-17-6-8-19(9-7-17)25-22-16-18(2)24-23(27-22)26-20-10-12-21(13-11-20)28-14-4-3-5-15-28/h6-13,16H,3-5,14-15H2,1-2H3,(H2,24,25,26,27). The highest BCUT2D eigenvalue weighted by Crippen LogP contribution is 2.24. The van der Waals surface area contributed by atoms with Gasteiger partial charge in [-0.05, 0) is 69.5 Å². The van der Waals surface area contributed by atoms with Gasteiger partial charge in [0, 0.05) is 41.9 Å². The van der Waals surface area contributed by atoms with Crippen molar-refractivity contribution < 1.29 is 0 Å². The van der Waals surface area contributed by atoms with Crippen LogP contribution in [0, 0.1) is 13.8 Å². The number of aromatic nitrogens is 2. The average molecular weight is 374 g/mol. The molecule has 2 aromatic carbocycles. The summed E-state index contributed by atoms with van der Waals surface area (Å²) in [6.07, 6.45) is 3.92. The van der Waals surface area contributed by atoms with E-state index in [0.29, 0.717) is 5.95 Å². The first-order valence-corrected chi connectivity index (χ1v) is 9.97. The average Bonchev–Trinajstić information content (AvgIpc) is 2.71. The van der Waals surface area contributed by atoms with Crippen LogP contribution in [0.2, 0.25) is 0 Å². The molecule has 1 aromatic heterocycles. The molecule has 28 heavy (non-hydrogen) atoms. The Labute approximate surface area is 166 Å². The van der Waals surface area contributed by atoms with Crippen molar-refractivity contribution in [2.45, 2.75) is 33.1 Å². The van der Waals surface area contributed by atoms with E-state index < -0.39 is 0 Å². The molecule has 4 rings (SSSR count). The predicted molar refractivity (Wildman–Crippen MR) is 117 cm³/mol. The highest BCUT2D eigenvalue weighted by molar-refractivity contribution is 5.62. The van der Waals surface area contributed by atoms with Crippen LogP contribution in [0.1, 0.15) is 30.5 Å². The van der Waals surface area contributed by atoms with E-state index in [1.54, 1.807) is 0 Å². The van der Waals surface area contributed by atoms with E-state index in [2.05, 4.69) is 81.0 Å². The summed E-state index contributed by atoms with van der Waals surface area (Å²) in [7, 11) is 0. The lowest BCUT2D eigenvalue weighted by atomic mass is 10.1. The maximum absolute atomic E-state index is 4.62. The summed E-state index contributed by atoms with van der Waals surface area (Å²) in [4.78, 5) is 11.6. The number of rotatable bonds is 5. The molecule has 3 aromatic rings. The molecule has 0 atom stereocenters. The summed E-state index contributed by atoms with van der Waals surface area (Å²) in [6.45, 7) is 6.37. The maximum atomic E-state index is 4.62. The quantitative estimate of drug-likeness (QED) is 0.612. The second kappa shape index (κ2) is 8.30. The summed E-state index contributed by atoms with van der Waals surface area (Å²) in [5.41, 5.74) is 5.45. The van der Waals surface area contributed by atoms with Crippen LogP contribution in [0.25, 0.3) is 0 Å². The molecule has 0 bridgehead atoms. The van der Waals surface area contributed by atoms with Crippen LogP contribution in [0.4, 0.5) is 28.8 Å². The van der Waals surface area contributed by atoms with Crippen LogP contribution in [-0.4, -0.2) is 23.1 Å². The van der Waals surface area contributed by atoms with Crippen molar-refractivity contribution in [2.75, 3.05) is 28.6 Å². The summed E-state index contributed by atoms with van der Waals surface area (Å²) < 4.78 is 0. The van der Waals surface area contributed by atoms with E-state index in [1.807, 2.05) is 13.0 Å². The number of nitrogens with zero attached hydrogens (tertiary/aromatic N) is 3. The van der Waals surface area contributed by atoms with Gasteiger partial charge in [0.15, 0.2) is 0 Å². The minimum atomic E-state index is 0.598. The van der Waals surface area contributed by atoms with Gasteiger partial charge in [0.05, 0.1) is 0 Å². The largest absolute Gasteiger partial charge is 0.372 e. The fourth-order valence-corrected chi connectivity index (χ4v) is 3.51. The van der Waals surface area contributed by atoms with Gasteiger partial charge in [-0.1, -0.05) is 17.7 Å². The molecule has 0 saturated carbocycles. The Morgan fingerprint density at radius 3 is 2.11 bits per heavy atom. The molecule has 5 nitrogen and oxygen atoms in total. The summed E-state index contributed by atoms with van der Waals surface area (Å²) in [5, 5.41) is 6.68. The molecule has 5 heteroatoms. The van der Waals surface area contributed by atoms with Crippen molar-refractivity contribution in [2.24, 2.45) is 0 Å². The lowest BCUT2D eigenvalue weighted by Gasteiger charge is -2.28. The lowest BCUT2D eigenvalue weighted by molar-refractivity contribution is 0.578. The van der Waals surface area contributed by atoms with Crippen LogP contribution in [0.15, 0.2) is 54.6 Å². The summed E-state index contributed by atoms with van der Waals surface area (Å²) in [6, 6.07) is 18.8. The number of hydrogen-bond acceptors (Lipinski definition) is 5. The molecule has 2 heterocycles. The minimum Gasteiger partial charge on any atom is -0.372 e. The van der Waals surface area contributed by atoms with Crippen molar-refractivity contribution >= 4 is 28.8 Å². The Hall–Kier alpha value is -3.08. The van der Waals surface area contributed by atoms with Gasteiger partial charge in [0.25, 0.3) is 0 Å². The highest BCUT2D eigenvalue weighted by atomic mass is 15.2. The Balaban J connectivity index is 1.46. The van der Waals surface area contributed by atoms with Gasteiger partial charge in [0.2, 0.25) is 5.95 Å². The van der Waals surface area contributed by atoms with Crippen LogP contribution < -0.4 is 15.5 Å². The zero-order valence-electron chi connectivity index (χ0n) is 16.6. The van der Waals surface area contributed by atoms with Gasteiger partial charge < -0.3 is 15.5 Å². The van der Waals surface area contributed by atoms with E-state index in [1.165, 1.54) is 30.5 Å². The molecular weight excluding hydrogens is 346 g/mol. The predicted octanol–water partition coefficient (Wildman–Crippen LogP) is 5.57.